The molecule has 0 spiro atoms. The molecule has 0 aliphatic heterocycles. The molecule has 0 atom stereocenters. The van der Waals surface area contributed by atoms with Crippen LogP contribution in [0.2, 0.25) is 0 Å². The number of benzene rings is 1. The molecule has 1 rings (SSSR count). The van der Waals surface area contributed by atoms with Gasteiger partial charge in [-0.15, -0.1) is 5.92 Å². The van der Waals surface area contributed by atoms with Crippen molar-refractivity contribution in [1.82, 2.24) is 0 Å². The highest BCUT2D eigenvalue weighted by atomic mass is 19.1. The fraction of sp³-hybridized carbons (Fsp3) is 0.333. The third kappa shape index (κ3) is 3.49. The molecule has 1 aromatic carbocycles. The quantitative estimate of drug-likeness (QED) is 0.527. The molecule has 1 aromatic rings. The molecule has 0 aromatic heterocycles. The molecule has 0 saturated carbocycles. The van der Waals surface area contributed by atoms with Gasteiger partial charge in [0.1, 0.15) is 0 Å². The van der Waals surface area contributed by atoms with Gasteiger partial charge in [0.2, 0.25) is 0 Å². The number of ether oxygens (including phenoxy) is 1. The molecule has 0 fully saturated rings. The first-order chi connectivity index (χ1) is 6.84. The second kappa shape index (κ2) is 6.04. The molecule has 2 heteroatoms. The lowest BCUT2D eigenvalue weighted by Gasteiger charge is -2.03. The Morgan fingerprint density at radius 3 is 3.07 bits per heavy atom. The van der Waals surface area contributed by atoms with Gasteiger partial charge in [0, 0.05) is 18.9 Å². The second-order valence-electron chi connectivity index (χ2n) is 2.65. The van der Waals surface area contributed by atoms with Crippen LogP contribution in [-0.2, 0) is 0 Å². The molecule has 0 saturated heterocycles. The molecular formula is C12H12FO. The van der Waals surface area contributed by atoms with Gasteiger partial charge in [-0.1, -0.05) is 25.0 Å². The summed E-state index contributed by atoms with van der Waals surface area (Å²) >= 11 is 0. The molecule has 0 bridgehead atoms. The van der Waals surface area contributed by atoms with E-state index in [1.54, 1.807) is 12.1 Å². The van der Waals surface area contributed by atoms with Crippen LogP contribution >= 0.6 is 0 Å². The van der Waals surface area contributed by atoms with Crippen molar-refractivity contribution in [3.63, 3.8) is 0 Å². The average molecular weight is 191 g/mol. The van der Waals surface area contributed by atoms with Gasteiger partial charge in [0.25, 0.3) is 0 Å². The van der Waals surface area contributed by atoms with Crippen LogP contribution in [0.4, 0.5) is 4.39 Å². The smallest absolute Gasteiger partial charge is 0.172 e. The summed E-state index contributed by atoms with van der Waals surface area (Å²) in [5, 5.41) is 0. The molecule has 14 heavy (non-hydrogen) atoms. The van der Waals surface area contributed by atoms with Crippen LogP contribution < -0.4 is 4.74 Å². The third-order valence-electron chi connectivity index (χ3n) is 1.56. The number of hydrogen-bond donors (Lipinski definition) is 0. The van der Waals surface area contributed by atoms with Crippen LogP contribution in [0.25, 0.3) is 0 Å². The van der Waals surface area contributed by atoms with Gasteiger partial charge < -0.3 is 4.74 Å². The van der Waals surface area contributed by atoms with Crippen LogP contribution in [0, 0.1) is 23.7 Å². The van der Waals surface area contributed by atoms with Crippen LogP contribution in [0.3, 0.4) is 0 Å². The lowest BCUT2D eigenvalue weighted by atomic mass is 10.3. The fourth-order valence-corrected chi connectivity index (χ4v) is 0.938. The SMILES string of the molecule is CCC#CCCOc1ccc[c]c1F. The first-order valence-corrected chi connectivity index (χ1v) is 4.59. The molecule has 0 heterocycles. The van der Waals surface area contributed by atoms with Crippen molar-refractivity contribution < 1.29 is 9.13 Å². The zero-order chi connectivity index (χ0) is 10.2. The zero-order valence-corrected chi connectivity index (χ0v) is 8.14. The maximum Gasteiger partial charge on any atom is 0.172 e. The van der Waals surface area contributed by atoms with Crippen LogP contribution in [0.5, 0.6) is 5.75 Å². The maximum atomic E-state index is 12.9. The number of hydrogen-bond acceptors (Lipinski definition) is 1. The Morgan fingerprint density at radius 2 is 2.36 bits per heavy atom. The molecule has 1 nitrogen and oxygen atoms in total. The van der Waals surface area contributed by atoms with Crippen molar-refractivity contribution in [2.75, 3.05) is 6.61 Å². The number of rotatable bonds is 3. The van der Waals surface area contributed by atoms with E-state index in [0.717, 1.165) is 6.42 Å². The predicted octanol–water partition coefficient (Wildman–Crippen LogP) is 2.81. The highest BCUT2D eigenvalue weighted by Gasteiger charge is 1.99. The van der Waals surface area contributed by atoms with Crippen molar-refractivity contribution in [3.05, 3.63) is 30.1 Å². The molecule has 0 N–H and O–H groups in total. The summed E-state index contributed by atoms with van der Waals surface area (Å²) in [4.78, 5) is 0. The highest BCUT2D eigenvalue weighted by molar-refractivity contribution is 5.22. The Balaban J connectivity index is 2.35. The standard InChI is InChI=1S/C12H12FO/c1-2-3-4-7-10-14-12-9-6-5-8-11(12)13/h5-6,9H,2,7,10H2,1H3. The minimum atomic E-state index is -0.448. The molecule has 0 amide bonds. The van der Waals surface area contributed by atoms with Crippen LogP contribution in [0.1, 0.15) is 19.8 Å². The van der Waals surface area contributed by atoms with E-state index in [4.69, 9.17) is 4.74 Å². The largest absolute Gasteiger partial charge is 0.490 e. The Hall–Kier alpha value is -1.49. The second-order valence-corrected chi connectivity index (χ2v) is 2.65. The third-order valence-corrected chi connectivity index (χ3v) is 1.56. The summed E-state index contributed by atoms with van der Waals surface area (Å²) in [6, 6.07) is 7.21. The average Bonchev–Trinajstić information content (AvgIpc) is 2.20. The molecular weight excluding hydrogens is 179 g/mol. The van der Waals surface area contributed by atoms with Gasteiger partial charge in [0.15, 0.2) is 11.6 Å². The normalized spacial score (nSPS) is 9.00. The van der Waals surface area contributed by atoms with Gasteiger partial charge in [-0.25, -0.2) is 4.39 Å². The van der Waals surface area contributed by atoms with Gasteiger partial charge in [-0.05, 0) is 6.07 Å². The predicted molar refractivity (Wildman–Crippen MR) is 53.4 cm³/mol. The molecule has 1 radical (unpaired) electrons. The van der Waals surface area contributed by atoms with E-state index in [1.807, 2.05) is 6.92 Å². The van der Waals surface area contributed by atoms with Gasteiger partial charge >= 0.3 is 0 Å². The Morgan fingerprint density at radius 1 is 1.50 bits per heavy atom. The van der Waals surface area contributed by atoms with E-state index in [1.165, 1.54) is 6.07 Å². The number of halogens is 1. The maximum absolute atomic E-state index is 12.9. The lowest BCUT2D eigenvalue weighted by molar-refractivity contribution is 0.309. The van der Waals surface area contributed by atoms with E-state index < -0.39 is 5.82 Å². The van der Waals surface area contributed by atoms with E-state index in [-0.39, 0.29) is 5.75 Å². The monoisotopic (exact) mass is 191 g/mol. The first-order valence-electron chi connectivity index (χ1n) is 4.59. The van der Waals surface area contributed by atoms with Gasteiger partial charge in [0.05, 0.1) is 6.61 Å². The van der Waals surface area contributed by atoms with Crippen molar-refractivity contribution in [3.8, 4) is 17.6 Å². The minimum Gasteiger partial charge on any atom is -0.490 e. The summed E-state index contributed by atoms with van der Waals surface area (Å²) in [6.45, 7) is 2.40. The Kier molecular flexibility index (Phi) is 4.57. The summed E-state index contributed by atoms with van der Waals surface area (Å²) in [7, 11) is 0. The Bertz CT molecular complexity index is 336. The zero-order valence-electron chi connectivity index (χ0n) is 8.14. The Labute approximate surface area is 83.9 Å². The summed E-state index contributed by atoms with van der Waals surface area (Å²) in [5.41, 5.74) is 0. The molecule has 0 aliphatic rings. The van der Waals surface area contributed by atoms with Crippen molar-refractivity contribution in [2.45, 2.75) is 19.8 Å². The first kappa shape index (κ1) is 10.6. The van der Waals surface area contributed by atoms with E-state index in [9.17, 15) is 4.39 Å². The summed E-state index contributed by atoms with van der Waals surface area (Å²) in [6.07, 6.45) is 1.47. The lowest BCUT2D eigenvalue weighted by Crippen LogP contribution is -1.97. The summed E-state index contributed by atoms with van der Waals surface area (Å²) in [5.74, 6) is 5.63. The van der Waals surface area contributed by atoms with E-state index >= 15 is 0 Å². The van der Waals surface area contributed by atoms with Crippen molar-refractivity contribution >= 4 is 0 Å². The molecule has 0 unspecified atom stereocenters. The van der Waals surface area contributed by atoms with Gasteiger partial charge in [-0.2, -0.15) is 0 Å². The highest BCUT2D eigenvalue weighted by Crippen LogP contribution is 2.14. The van der Waals surface area contributed by atoms with Crippen LogP contribution in [0.15, 0.2) is 18.2 Å². The topological polar surface area (TPSA) is 9.23 Å². The van der Waals surface area contributed by atoms with Gasteiger partial charge in [-0.3, -0.25) is 0 Å². The molecule has 73 valence electrons. The minimum absolute atomic E-state index is 0.241. The van der Waals surface area contributed by atoms with E-state index in [0.29, 0.717) is 13.0 Å². The van der Waals surface area contributed by atoms with Crippen molar-refractivity contribution in [1.29, 1.82) is 0 Å². The van der Waals surface area contributed by atoms with Crippen LogP contribution in [-0.4, -0.2) is 6.61 Å². The fourth-order valence-electron chi connectivity index (χ4n) is 0.938. The van der Waals surface area contributed by atoms with Crippen molar-refractivity contribution in [2.24, 2.45) is 0 Å². The molecule has 0 aliphatic carbocycles. The van der Waals surface area contributed by atoms with E-state index in [2.05, 4.69) is 17.9 Å². The summed E-state index contributed by atoms with van der Waals surface area (Å²) < 4.78 is 18.1.